The Bertz CT molecular complexity index is 270. The highest BCUT2D eigenvalue weighted by Gasteiger charge is 2.12. The van der Waals surface area contributed by atoms with Crippen LogP contribution in [0.1, 0.15) is 45.4 Å². The minimum absolute atomic E-state index is 0. The van der Waals surface area contributed by atoms with Crippen molar-refractivity contribution >= 4 is 29.9 Å². The lowest BCUT2D eigenvalue weighted by atomic mass is 10.1. The van der Waals surface area contributed by atoms with Gasteiger partial charge in [-0.15, -0.1) is 24.0 Å². The predicted octanol–water partition coefficient (Wildman–Crippen LogP) is 2.54. The Morgan fingerprint density at radius 3 is 2.48 bits per heavy atom. The van der Waals surface area contributed by atoms with Gasteiger partial charge in [0.25, 0.3) is 0 Å². The Labute approximate surface area is 146 Å². The van der Waals surface area contributed by atoms with E-state index in [2.05, 4.69) is 22.5 Å². The van der Waals surface area contributed by atoms with Gasteiger partial charge in [-0.2, -0.15) is 0 Å². The van der Waals surface area contributed by atoms with Crippen molar-refractivity contribution < 1.29 is 9.47 Å². The second-order valence-corrected chi connectivity index (χ2v) is 5.48. The zero-order valence-corrected chi connectivity index (χ0v) is 16.0. The second-order valence-electron chi connectivity index (χ2n) is 5.48. The number of ether oxygens (including phenoxy) is 2. The van der Waals surface area contributed by atoms with Gasteiger partial charge in [0.2, 0.25) is 0 Å². The molecular formula is C15H32IN3O2. The maximum absolute atomic E-state index is 5.94. The van der Waals surface area contributed by atoms with Gasteiger partial charge in [0.05, 0.1) is 19.3 Å². The second kappa shape index (κ2) is 13.6. The first kappa shape index (κ1) is 20.9. The third-order valence-electron chi connectivity index (χ3n) is 3.57. The number of aliphatic imine (C=N–C) groups is 1. The summed E-state index contributed by atoms with van der Waals surface area (Å²) in [6, 6.07) is 0.244. The molecule has 126 valence electrons. The van der Waals surface area contributed by atoms with Crippen LogP contribution >= 0.6 is 24.0 Å². The highest BCUT2D eigenvalue weighted by molar-refractivity contribution is 14.0. The fraction of sp³-hybridized carbons (Fsp3) is 0.933. The summed E-state index contributed by atoms with van der Waals surface area (Å²) in [6.07, 6.45) is 8.26. The molecule has 0 bridgehead atoms. The lowest BCUT2D eigenvalue weighted by Gasteiger charge is -2.19. The van der Waals surface area contributed by atoms with Crippen molar-refractivity contribution in [1.82, 2.24) is 10.6 Å². The number of rotatable bonds is 7. The van der Waals surface area contributed by atoms with E-state index >= 15 is 0 Å². The molecule has 1 unspecified atom stereocenters. The zero-order chi connectivity index (χ0) is 14.6. The average molecular weight is 413 g/mol. The number of methoxy groups -OCH3 is 1. The van der Waals surface area contributed by atoms with Crippen LogP contribution in [0, 0.1) is 0 Å². The van der Waals surface area contributed by atoms with Gasteiger partial charge in [0.15, 0.2) is 5.96 Å². The van der Waals surface area contributed by atoms with Crippen LogP contribution in [0.2, 0.25) is 0 Å². The summed E-state index contributed by atoms with van der Waals surface area (Å²) in [5.41, 5.74) is 0. The number of hydrogen-bond acceptors (Lipinski definition) is 3. The van der Waals surface area contributed by atoms with Crippen LogP contribution in [0.25, 0.3) is 0 Å². The first-order chi connectivity index (χ1) is 9.76. The highest BCUT2D eigenvalue weighted by atomic mass is 127. The monoisotopic (exact) mass is 413 g/mol. The summed E-state index contributed by atoms with van der Waals surface area (Å²) in [4.78, 5) is 4.19. The summed E-state index contributed by atoms with van der Waals surface area (Å²) < 4.78 is 11.0. The third kappa shape index (κ3) is 10.3. The Balaban J connectivity index is 0.00000400. The molecule has 1 aliphatic carbocycles. The zero-order valence-electron chi connectivity index (χ0n) is 13.7. The Hall–Kier alpha value is -0.0800. The molecule has 1 rings (SSSR count). The average Bonchev–Trinajstić information content (AvgIpc) is 2.71. The number of nitrogens with one attached hydrogen (secondary N) is 2. The Kier molecular flexibility index (Phi) is 13.5. The Morgan fingerprint density at radius 2 is 1.90 bits per heavy atom. The molecule has 0 heterocycles. The van der Waals surface area contributed by atoms with E-state index in [0.29, 0.717) is 12.7 Å². The largest absolute Gasteiger partial charge is 0.383 e. The summed E-state index contributed by atoms with van der Waals surface area (Å²) >= 11 is 0. The van der Waals surface area contributed by atoms with Gasteiger partial charge in [0, 0.05) is 26.7 Å². The molecule has 0 saturated heterocycles. The molecule has 0 radical (unpaired) electrons. The summed E-state index contributed by atoms with van der Waals surface area (Å²) in [7, 11) is 3.48. The molecule has 6 heteroatoms. The summed E-state index contributed by atoms with van der Waals surface area (Å²) in [5.74, 6) is 0.805. The van der Waals surface area contributed by atoms with Gasteiger partial charge in [-0.1, -0.05) is 25.7 Å². The molecule has 0 spiro atoms. The van der Waals surface area contributed by atoms with E-state index in [1.54, 1.807) is 14.2 Å². The van der Waals surface area contributed by atoms with Crippen LogP contribution in [0.3, 0.4) is 0 Å². The normalized spacial score (nSPS) is 18.5. The summed E-state index contributed by atoms with van der Waals surface area (Å²) in [5, 5.41) is 6.55. The van der Waals surface area contributed by atoms with Gasteiger partial charge in [-0.25, -0.2) is 0 Å². The quantitative estimate of drug-likeness (QED) is 0.222. The van der Waals surface area contributed by atoms with E-state index in [9.17, 15) is 0 Å². The van der Waals surface area contributed by atoms with Crippen LogP contribution in [0.4, 0.5) is 0 Å². The number of halogens is 1. The van der Waals surface area contributed by atoms with Crippen LogP contribution in [0.15, 0.2) is 4.99 Å². The standard InChI is InChI=1S/C15H31N3O2.HI/c1-13(12-19-3)18-15(16-2)17-10-11-20-14-8-6-4-5-7-9-14;/h13-14H,4-12H2,1-3H3,(H2,16,17,18);1H. The van der Waals surface area contributed by atoms with Gasteiger partial charge in [-0.05, 0) is 19.8 Å². The van der Waals surface area contributed by atoms with Gasteiger partial charge < -0.3 is 20.1 Å². The fourth-order valence-electron chi connectivity index (χ4n) is 2.52. The minimum atomic E-state index is 0. The molecule has 0 aliphatic heterocycles. The van der Waals surface area contributed by atoms with E-state index in [0.717, 1.165) is 19.1 Å². The van der Waals surface area contributed by atoms with E-state index in [-0.39, 0.29) is 30.0 Å². The third-order valence-corrected chi connectivity index (χ3v) is 3.57. The first-order valence-corrected chi connectivity index (χ1v) is 7.84. The van der Waals surface area contributed by atoms with Crippen molar-refractivity contribution in [2.45, 2.75) is 57.6 Å². The summed E-state index contributed by atoms with van der Waals surface area (Å²) in [6.45, 7) is 4.26. The molecule has 1 atom stereocenters. The number of nitrogens with zero attached hydrogens (tertiary/aromatic N) is 1. The van der Waals surface area contributed by atoms with E-state index in [1.807, 2.05) is 0 Å². The SMILES string of the molecule is CN=C(NCCOC1CCCCCC1)NC(C)COC.I. The first-order valence-electron chi connectivity index (χ1n) is 7.84. The molecule has 2 N–H and O–H groups in total. The maximum Gasteiger partial charge on any atom is 0.191 e. The molecule has 21 heavy (non-hydrogen) atoms. The molecule has 0 amide bonds. The highest BCUT2D eigenvalue weighted by Crippen LogP contribution is 2.19. The van der Waals surface area contributed by atoms with E-state index < -0.39 is 0 Å². The van der Waals surface area contributed by atoms with Crippen molar-refractivity contribution in [2.24, 2.45) is 4.99 Å². The lowest BCUT2D eigenvalue weighted by molar-refractivity contribution is 0.0467. The minimum Gasteiger partial charge on any atom is -0.383 e. The molecule has 0 aromatic carbocycles. The van der Waals surface area contributed by atoms with Crippen LogP contribution in [-0.2, 0) is 9.47 Å². The van der Waals surface area contributed by atoms with Crippen molar-refractivity contribution in [3.05, 3.63) is 0 Å². The molecule has 0 aromatic heterocycles. The molecule has 1 saturated carbocycles. The molecule has 1 fully saturated rings. The number of hydrogen-bond donors (Lipinski definition) is 2. The molecular weight excluding hydrogens is 381 g/mol. The predicted molar refractivity (Wildman–Crippen MR) is 98.7 cm³/mol. The fourth-order valence-corrected chi connectivity index (χ4v) is 2.52. The topological polar surface area (TPSA) is 54.9 Å². The lowest BCUT2D eigenvalue weighted by Crippen LogP contribution is -2.45. The number of guanidine groups is 1. The van der Waals surface area contributed by atoms with Crippen molar-refractivity contribution in [1.29, 1.82) is 0 Å². The van der Waals surface area contributed by atoms with Gasteiger partial charge in [-0.3, -0.25) is 4.99 Å². The maximum atomic E-state index is 5.94. The van der Waals surface area contributed by atoms with E-state index in [4.69, 9.17) is 9.47 Å². The molecule has 5 nitrogen and oxygen atoms in total. The molecule has 1 aliphatic rings. The molecule has 0 aromatic rings. The van der Waals surface area contributed by atoms with Gasteiger partial charge >= 0.3 is 0 Å². The van der Waals surface area contributed by atoms with Crippen LogP contribution in [-0.4, -0.2) is 52.0 Å². The van der Waals surface area contributed by atoms with Gasteiger partial charge in [0.1, 0.15) is 0 Å². The van der Waals surface area contributed by atoms with Crippen molar-refractivity contribution in [3.63, 3.8) is 0 Å². The van der Waals surface area contributed by atoms with Crippen molar-refractivity contribution in [3.8, 4) is 0 Å². The van der Waals surface area contributed by atoms with E-state index in [1.165, 1.54) is 38.5 Å². The smallest absolute Gasteiger partial charge is 0.191 e. The van der Waals surface area contributed by atoms with Crippen LogP contribution in [0.5, 0.6) is 0 Å². The van der Waals surface area contributed by atoms with Crippen molar-refractivity contribution in [2.75, 3.05) is 33.9 Å². The van der Waals surface area contributed by atoms with Crippen LogP contribution < -0.4 is 10.6 Å². The Morgan fingerprint density at radius 1 is 1.24 bits per heavy atom.